The van der Waals surface area contributed by atoms with Crippen molar-refractivity contribution in [2.24, 2.45) is 5.92 Å². The van der Waals surface area contributed by atoms with Crippen molar-refractivity contribution in [3.8, 4) is 0 Å². The molecule has 0 bridgehead atoms. The summed E-state index contributed by atoms with van der Waals surface area (Å²) in [6.07, 6.45) is 3.03. The van der Waals surface area contributed by atoms with Gasteiger partial charge in [-0.15, -0.1) is 0 Å². The molecule has 1 saturated carbocycles. The van der Waals surface area contributed by atoms with E-state index >= 15 is 0 Å². The second-order valence-corrected chi connectivity index (χ2v) is 5.61. The maximum Gasteiger partial charge on any atom is 0.225 e. The van der Waals surface area contributed by atoms with Crippen molar-refractivity contribution in [1.82, 2.24) is 10.2 Å². The number of aromatic nitrogens is 2. The number of nitrogens with zero attached hydrogens (tertiary/aromatic N) is 1. The Labute approximate surface area is 95.8 Å². The van der Waals surface area contributed by atoms with Crippen molar-refractivity contribution in [2.45, 2.75) is 45.4 Å². The van der Waals surface area contributed by atoms with Gasteiger partial charge in [0.15, 0.2) is 5.82 Å². The first kappa shape index (κ1) is 11.2. The van der Waals surface area contributed by atoms with Crippen LogP contribution in [-0.2, 0) is 10.2 Å². The highest BCUT2D eigenvalue weighted by molar-refractivity contribution is 5.90. The van der Waals surface area contributed by atoms with Crippen molar-refractivity contribution in [1.29, 1.82) is 0 Å². The summed E-state index contributed by atoms with van der Waals surface area (Å²) in [5, 5.41) is 9.87. The van der Waals surface area contributed by atoms with E-state index in [1.165, 1.54) is 12.8 Å². The second-order valence-electron chi connectivity index (χ2n) is 5.61. The van der Waals surface area contributed by atoms with Crippen molar-refractivity contribution >= 4 is 11.7 Å². The Bertz CT molecular complexity index is 385. The Morgan fingerprint density at radius 1 is 1.56 bits per heavy atom. The number of H-pyrrole nitrogens is 1. The third-order valence-electron chi connectivity index (χ3n) is 2.82. The van der Waals surface area contributed by atoms with Crippen LogP contribution in [0.5, 0.6) is 0 Å². The quantitative estimate of drug-likeness (QED) is 0.823. The largest absolute Gasteiger partial charge is 0.309 e. The number of carbonyl (C=O) groups is 1. The fourth-order valence-electron chi connectivity index (χ4n) is 1.55. The lowest BCUT2D eigenvalue weighted by Gasteiger charge is -2.14. The van der Waals surface area contributed by atoms with Gasteiger partial charge in [0.25, 0.3) is 0 Å². The van der Waals surface area contributed by atoms with Crippen LogP contribution in [0.1, 0.15) is 45.7 Å². The molecular weight excluding hydrogens is 202 g/mol. The van der Waals surface area contributed by atoms with Crippen molar-refractivity contribution in [3.05, 3.63) is 11.8 Å². The summed E-state index contributed by atoms with van der Waals surface area (Å²) >= 11 is 0. The Hall–Kier alpha value is -1.32. The monoisotopic (exact) mass is 221 g/mol. The number of anilines is 1. The SMILES string of the molecule is CC(C)(C)c1cc(NC(=O)CC2CC2)n[nH]1. The minimum absolute atomic E-state index is 0.0342. The van der Waals surface area contributed by atoms with E-state index in [-0.39, 0.29) is 11.3 Å². The molecule has 0 unspecified atom stereocenters. The fraction of sp³-hybridized carbons (Fsp3) is 0.667. The lowest BCUT2D eigenvalue weighted by atomic mass is 9.92. The first-order valence-corrected chi connectivity index (χ1v) is 5.81. The van der Waals surface area contributed by atoms with Gasteiger partial charge in [-0.25, -0.2) is 0 Å². The summed E-state index contributed by atoms with van der Waals surface area (Å²) in [6.45, 7) is 6.32. The molecule has 88 valence electrons. The van der Waals surface area contributed by atoms with Gasteiger partial charge in [-0.3, -0.25) is 9.89 Å². The predicted molar refractivity (Wildman–Crippen MR) is 63.3 cm³/mol. The molecule has 0 radical (unpaired) electrons. The molecule has 1 heterocycles. The van der Waals surface area contributed by atoms with Crippen LogP contribution < -0.4 is 5.32 Å². The lowest BCUT2D eigenvalue weighted by molar-refractivity contribution is -0.116. The minimum Gasteiger partial charge on any atom is -0.309 e. The highest BCUT2D eigenvalue weighted by atomic mass is 16.1. The highest BCUT2D eigenvalue weighted by Gasteiger charge is 2.25. The molecule has 1 aliphatic rings. The van der Waals surface area contributed by atoms with Crippen LogP contribution in [0.25, 0.3) is 0 Å². The summed E-state index contributed by atoms with van der Waals surface area (Å²) in [4.78, 5) is 11.6. The average molecular weight is 221 g/mol. The molecule has 0 atom stereocenters. The molecule has 0 saturated heterocycles. The van der Waals surface area contributed by atoms with Gasteiger partial charge in [0, 0.05) is 23.6 Å². The maximum absolute atomic E-state index is 11.6. The maximum atomic E-state index is 11.6. The van der Waals surface area contributed by atoms with Gasteiger partial charge >= 0.3 is 0 Å². The third-order valence-corrected chi connectivity index (χ3v) is 2.82. The topological polar surface area (TPSA) is 57.8 Å². The Morgan fingerprint density at radius 2 is 2.25 bits per heavy atom. The first-order valence-electron chi connectivity index (χ1n) is 5.81. The summed E-state index contributed by atoms with van der Waals surface area (Å²) in [5.74, 6) is 1.33. The zero-order chi connectivity index (χ0) is 11.8. The Morgan fingerprint density at radius 3 is 2.75 bits per heavy atom. The molecule has 1 fully saturated rings. The number of amides is 1. The van der Waals surface area contributed by atoms with Crippen LogP contribution >= 0.6 is 0 Å². The van der Waals surface area contributed by atoms with Crippen LogP contribution in [0.3, 0.4) is 0 Å². The molecule has 1 aromatic rings. The number of hydrogen-bond donors (Lipinski definition) is 2. The Balaban J connectivity index is 1.93. The molecular formula is C12H19N3O. The van der Waals surface area contributed by atoms with Crippen molar-refractivity contribution in [3.63, 3.8) is 0 Å². The van der Waals surface area contributed by atoms with Gasteiger partial charge < -0.3 is 5.32 Å². The molecule has 2 rings (SSSR count). The first-order chi connectivity index (χ1) is 7.45. The third kappa shape index (κ3) is 2.84. The zero-order valence-electron chi connectivity index (χ0n) is 10.1. The summed E-state index contributed by atoms with van der Waals surface area (Å²) in [5.41, 5.74) is 1.07. The number of carbonyl (C=O) groups excluding carboxylic acids is 1. The molecule has 0 aliphatic heterocycles. The van der Waals surface area contributed by atoms with Crippen LogP contribution in [0.2, 0.25) is 0 Å². The van der Waals surface area contributed by atoms with E-state index in [4.69, 9.17) is 0 Å². The van der Waals surface area contributed by atoms with Crippen LogP contribution in [0.4, 0.5) is 5.82 Å². The van der Waals surface area contributed by atoms with Crippen molar-refractivity contribution < 1.29 is 4.79 Å². The number of hydrogen-bond acceptors (Lipinski definition) is 2. The van der Waals surface area contributed by atoms with E-state index in [0.717, 1.165) is 5.69 Å². The molecule has 1 aliphatic carbocycles. The molecule has 1 amide bonds. The molecule has 0 aromatic carbocycles. The normalized spacial score (nSPS) is 16.2. The summed E-state index contributed by atoms with van der Waals surface area (Å²) in [6, 6.07) is 1.91. The van der Waals surface area contributed by atoms with Gasteiger partial charge in [0.1, 0.15) is 0 Å². The zero-order valence-corrected chi connectivity index (χ0v) is 10.1. The molecule has 1 aromatic heterocycles. The van der Waals surface area contributed by atoms with Gasteiger partial charge in [0.2, 0.25) is 5.91 Å². The standard InChI is InChI=1S/C12H19N3O/c1-12(2,3)9-7-10(15-14-9)13-11(16)6-8-4-5-8/h7-8H,4-6H2,1-3H3,(H2,13,14,15,16). The van der Waals surface area contributed by atoms with Crippen LogP contribution in [0, 0.1) is 5.92 Å². The summed E-state index contributed by atoms with van der Waals surface area (Å²) < 4.78 is 0. The molecule has 0 spiro atoms. The summed E-state index contributed by atoms with van der Waals surface area (Å²) in [7, 11) is 0. The van der Waals surface area contributed by atoms with Crippen molar-refractivity contribution in [2.75, 3.05) is 5.32 Å². The van der Waals surface area contributed by atoms with Crippen LogP contribution in [0.15, 0.2) is 6.07 Å². The number of nitrogens with one attached hydrogen (secondary N) is 2. The van der Waals surface area contributed by atoms with E-state index in [1.54, 1.807) is 0 Å². The van der Waals surface area contributed by atoms with E-state index < -0.39 is 0 Å². The molecule has 4 heteroatoms. The number of aromatic amines is 1. The van der Waals surface area contributed by atoms with Gasteiger partial charge in [-0.05, 0) is 18.8 Å². The minimum atomic E-state index is 0.0342. The predicted octanol–water partition coefficient (Wildman–Crippen LogP) is 2.45. The van der Waals surface area contributed by atoms with E-state index in [9.17, 15) is 4.79 Å². The smallest absolute Gasteiger partial charge is 0.225 e. The fourth-order valence-corrected chi connectivity index (χ4v) is 1.55. The highest BCUT2D eigenvalue weighted by Crippen LogP contribution is 2.32. The molecule has 16 heavy (non-hydrogen) atoms. The van der Waals surface area contributed by atoms with E-state index in [1.807, 2.05) is 6.07 Å². The second kappa shape index (κ2) is 3.92. The molecule has 4 nitrogen and oxygen atoms in total. The number of rotatable bonds is 3. The van der Waals surface area contributed by atoms with E-state index in [0.29, 0.717) is 18.2 Å². The van der Waals surface area contributed by atoms with Gasteiger partial charge in [0.05, 0.1) is 0 Å². The van der Waals surface area contributed by atoms with Gasteiger partial charge in [-0.1, -0.05) is 20.8 Å². The molecule has 2 N–H and O–H groups in total. The van der Waals surface area contributed by atoms with Gasteiger partial charge in [-0.2, -0.15) is 5.10 Å². The van der Waals surface area contributed by atoms with Crippen LogP contribution in [-0.4, -0.2) is 16.1 Å². The lowest BCUT2D eigenvalue weighted by Crippen LogP contribution is -2.12. The average Bonchev–Trinajstić information content (AvgIpc) is 2.80. The van der Waals surface area contributed by atoms with E-state index in [2.05, 4.69) is 36.3 Å². The Kier molecular flexibility index (Phi) is 2.74.